The Hall–Kier alpha value is -1.64. The van der Waals surface area contributed by atoms with E-state index in [2.05, 4.69) is 17.4 Å². The van der Waals surface area contributed by atoms with Crippen LogP contribution in [0.3, 0.4) is 0 Å². The first kappa shape index (κ1) is 12.8. The highest BCUT2D eigenvalue weighted by molar-refractivity contribution is 5.21. The zero-order valence-electron chi connectivity index (χ0n) is 10.6. The van der Waals surface area contributed by atoms with Gasteiger partial charge in [-0.2, -0.15) is 0 Å². The first-order valence-electron chi connectivity index (χ1n) is 6.26. The van der Waals surface area contributed by atoms with Crippen molar-refractivity contribution in [2.45, 2.75) is 18.6 Å². The Morgan fingerprint density at radius 2 is 1.39 bits per heavy atom. The molecule has 2 heteroatoms. The van der Waals surface area contributed by atoms with E-state index in [1.807, 2.05) is 55.6 Å². The largest absolute Gasteiger partial charge is 0.388 e. The molecular formula is C16H19NO. The normalized spacial score (nSPS) is 14.1. The predicted octanol–water partition coefficient (Wildman–Crippen LogP) is 3.07. The molecule has 2 aromatic rings. The molecule has 18 heavy (non-hydrogen) atoms. The molecule has 2 atom stereocenters. The van der Waals surface area contributed by atoms with Crippen molar-refractivity contribution in [3.63, 3.8) is 0 Å². The van der Waals surface area contributed by atoms with Gasteiger partial charge in [0.1, 0.15) is 0 Å². The lowest BCUT2D eigenvalue weighted by molar-refractivity contribution is 0.153. The summed E-state index contributed by atoms with van der Waals surface area (Å²) in [6, 6.07) is 20.2. The minimum absolute atomic E-state index is 0.168. The molecular weight excluding hydrogens is 222 g/mol. The number of hydrogen-bond acceptors (Lipinski definition) is 2. The molecule has 2 nitrogen and oxygen atoms in total. The fourth-order valence-electron chi connectivity index (χ4n) is 2.14. The minimum atomic E-state index is -0.441. The van der Waals surface area contributed by atoms with E-state index in [1.54, 1.807) is 0 Å². The van der Waals surface area contributed by atoms with Crippen molar-refractivity contribution in [2.75, 3.05) is 7.05 Å². The van der Waals surface area contributed by atoms with Crippen LogP contribution in [0.15, 0.2) is 60.7 Å². The van der Waals surface area contributed by atoms with Gasteiger partial charge < -0.3 is 10.4 Å². The van der Waals surface area contributed by atoms with Gasteiger partial charge in [-0.15, -0.1) is 0 Å². The van der Waals surface area contributed by atoms with E-state index >= 15 is 0 Å². The second kappa shape index (κ2) is 6.34. The second-order valence-electron chi connectivity index (χ2n) is 4.41. The van der Waals surface area contributed by atoms with Crippen molar-refractivity contribution in [3.8, 4) is 0 Å². The topological polar surface area (TPSA) is 32.3 Å². The molecule has 2 rings (SSSR count). The van der Waals surface area contributed by atoms with Crippen LogP contribution in [-0.4, -0.2) is 12.2 Å². The summed E-state index contributed by atoms with van der Waals surface area (Å²) in [6.07, 6.45) is 0.230. The Morgan fingerprint density at radius 3 is 1.89 bits per heavy atom. The summed E-state index contributed by atoms with van der Waals surface area (Å²) in [5.41, 5.74) is 2.17. The van der Waals surface area contributed by atoms with Gasteiger partial charge in [0.2, 0.25) is 0 Å². The molecule has 0 unspecified atom stereocenters. The lowest BCUT2D eigenvalue weighted by Crippen LogP contribution is -2.19. The number of nitrogens with one attached hydrogen (secondary N) is 1. The monoisotopic (exact) mass is 241 g/mol. The van der Waals surface area contributed by atoms with Crippen molar-refractivity contribution in [2.24, 2.45) is 0 Å². The van der Waals surface area contributed by atoms with Crippen molar-refractivity contribution in [3.05, 3.63) is 71.8 Å². The van der Waals surface area contributed by atoms with Crippen LogP contribution in [0.25, 0.3) is 0 Å². The van der Waals surface area contributed by atoms with Gasteiger partial charge in [-0.05, 0) is 24.6 Å². The summed E-state index contributed by atoms with van der Waals surface area (Å²) in [5.74, 6) is 0. The number of benzene rings is 2. The number of aliphatic hydroxyl groups excluding tert-OH is 1. The molecule has 0 saturated carbocycles. The van der Waals surface area contributed by atoms with E-state index in [0.717, 1.165) is 5.56 Å². The molecule has 0 fully saturated rings. The van der Waals surface area contributed by atoms with Gasteiger partial charge in [0, 0.05) is 6.04 Å². The predicted molar refractivity (Wildman–Crippen MR) is 74.3 cm³/mol. The molecule has 0 amide bonds. The van der Waals surface area contributed by atoms with Crippen LogP contribution in [0, 0.1) is 0 Å². The molecule has 0 aliphatic carbocycles. The maximum absolute atomic E-state index is 10.2. The van der Waals surface area contributed by atoms with Crippen LogP contribution in [0.5, 0.6) is 0 Å². The highest BCUT2D eigenvalue weighted by atomic mass is 16.3. The van der Waals surface area contributed by atoms with Crippen molar-refractivity contribution < 1.29 is 5.11 Å². The molecule has 0 aromatic heterocycles. The molecule has 0 saturated heterocycles. The van der Waals surface area contributed by atoms with Gasteiger partial charge >= 0.3 is 0 Å². The van der Waals surface area contributed by atoms with Crippen molar-refractivity contribution in [1.82, 2.24) is 5.32 Å². The maximum atomic E-state index is 10.2. The summed E-state index contributed by atoms with van der Waals surface area (Å²) in [6.45, 7) is 0. The quantitative estimate of drug-likeness (QED) is 0.843. The summed E-state index contributed by atoms with van der Waals surface area (Å²) >= 11 is 0. The molecule has 0 radical (unpaired) electrons. The Kier molecular flexibility index (Phi) is 4.51. The molecule has 0 aliphatic heterocycles. The van der Waals surface area contributed by atoms with E-state index in [1.165, 1.54) is 5.56 Å². The van der Waals surface area contributed by atoms with Gasteiger partial charge in [-0.25, -0.2) is 0 Å². The first-order valence-corrected chi connectivity index (χ1v) is 6.26. The minimum Gasteiger partial charge on any atom is -0.388 e. The fraction of sp³-hybridized carbons (Fsp3) is 0.250. The van der Waals surface area contributed by atoms with Crippen LogP contribution in [0.1, 0.15) is 29.7 Å². The zero-order chi connectivity index (χ0) is 12.8. The SMILES string of the molecule is CN[C@H](C[C@@H](O)c1ccccc1)c1ccccc1. The average Bonchev–Trinajstić information content (AvgIpc) is 2.46. The van der Waals surface area contributed by atoms with Gasteiger partial charge in [0.25, 0.3) is 0 Å². The summed E-state index contributed by atoms with van der Waals surface area (Å²) in [5, 5.41) is 13.5. The third-order valence-electron chi connectivity index (χ3n) is 3.19. The van der Waals surface area contributed by atoms with Gasteiger partial charge in [-0.1, -0.05) is 60.7 Å². The maximum Gasteiger partial charge on any atom is 0.0808 e. The smallest absolute Gasteiger partial charge is 0.0808 e. The van der Waals surface area contributed by atoms with Crippen LogP contribution >= 0.6 is 0 Å². The standard InChI is InChI=1S/C16H19NO/c1-17-15(13-8-4-2-5-9-13)12-16(18)14-10-6-3-7-11-14/h2-11,15-18H,12H2,1H3/t15-,16-/m1/s1. The zero-order valence-corrected chi connectivity index (χ0v) is 10.6. The Labute approximate surface area is 108 Å². The molecule has 2 N–H and O–H groups in total. The Morgan fingerprint density at radius 1 is 0.889 bits per heavy atom. The van der Waals surface area contributed by atoms with Crippen molar-refractivity contribution >= 4 is 0 Å². The number of aliphatic hydroxyl groups is 1. The fourth-order valence-corrected chi connectivity index (χ4v) is 2.14. The van der Waals surface area contributed by atoms with Gasteiger partial charge in [0.05, 0.1) is 6.10 Å². The van der Waals surface area contributed by atoms with Gasteiger partial charge in [-0.3, -0.25) is 0 Å². The molecule has 0 aliphatic rings. The molecule has 0 bridgehead atoms. The third-order valence-corrected chi connectivity index (χ3v) is 3.19. The van der Waals surface area contributed by atoms with Crippen LogP contribution in [0.2, 0.25) is 0 Å². The lowest BCUT2D eigenvalue weighted by atomic mass is 9.97. The Balaban J connectivity index is 2.07. The highest BCUT2D eigenvalue weighted by Crippen LogP contribution is 2.25. The number of hydrogen-bond donors (Lipinski definition) is 2. The van der Waals surface area contributed by atoms with E-state index in [4.69, 9.17) is 0 Å². The average molecular weight is 241 g/mol. The molecule has 2 aromatic carbocycles. The summed E-state index contributed by atoms with van der Waals surface area (Å²) < 4.78 is 0. The third kappa shape index (κ3) is 3.19. The summed E-state index contributed by atoms with van der Waals surface area (Å²) in [7, 11) is 1.93. The summed E-state index contributed by atoms with van der Waals surface area (Å²) in [4.78, 5) is 0. The second-order valence-corrected chi connectivity index (χ2v) is 4.41. The number of rotatable bonds is 5. The van der Waals surface area contributed by atoms with Crippen molar-refractivity contribution in [1.29, 1.82) is 0 Å². The van der Waals surface area contributed by atoms with E-state index in [-0.39, 0.29) is 6.04 Å². The van der Waals surface area contributed by atoms with E-state index in [9.17, 15) is 5.11 Å². The first-order chi connectivity index (χ1) is 8.81. The van der Waals surface area contributed by atoms with Gasteiger partial charge in [0.15, 0.2) is 0 Å². The van der Waals surface area contributed by atoms with E-state index in [0.29, 0.717) is 6.42 Å². The van der Waals surface area contributed by atoms with Crippen LogP contribution < -0.4 is 5.32 Å². The van der Waals surface area contributed by atoms with E-state index < -0.39 is 6.10 Å². The Bertz CT molecular complexity index is 455. The van der Waals surface area contributed by atoms with Crippen LogP contribution in [0.4, 0.5) is 0 Å². The molecule has 0 spiro atoms. The lowest BCUT2D eigenvalue weighted by Gasteiger charge is -2.20. The molecule has 0 heterocycles. The van der Waals surface area contributed by atoms with Crippen LogP contribution in [-0.2, 0) is 0 Å². The molecule has 94 valence electrons. The highest BCUT2D eigenvalue weighted by Gasteiger charge is 2.15.